The van der Waals surface area contributed by atoms with Crippen LogP contribution in [-0.4, -0.2) is 6.54 Å². The fraction of sp³-hybridized carbons (Fsp3) is 0.400. The zero-order valence-electron chi connectivity index (χ0n) is 7.49. The Morgan fingerprint density at radius 2 is 2.14 bits per heavy atom. The lowest BCUT2D eigenvalue weighted by atomic mass is 9.96. The van der Waals surface area contributed by atoms with Gasteiger partial charge in [0, 0.05) is 12.0 Å². The van der Waals surface area contributed by atoms with Crippen molar-refractivity contribution in [3.8, 4) is 0 Å². The van der Waals surface area contributed by atoms with Gasteiger partial charge in [-0.05, 0) is 40.4 Å². The summed E-state index contributed by atoms with van der Waals surface area (Å²) in [6.07, 6.45) is 2.06. The first-order chi connectivity index (χ1) is 6.60. The molecule has 1 aliphatic carbocycles. The number of halogens is 3. The summed E-state index contributed by atoms with van der Waals surface area (Å²) in [7, 11) is 0. The molecule has 0 aromatic heterocycles. The number of nitrogens with two attached hydrogens (primary N) is 1. The lowest BCUT2D eigenvalue weighted by Gasteiger charge is -2.15. The van der Waals surface area contributed by atoms with E-state index in [4.69, 9.17) is 17.3 Å². The fourth-order valence-electron chi connectivity index (χ4n) is 1.67. The highest BCUT2D eigenvalue weighted by atomic mass is 79.9. The molecule has 0 atom stereocenters. The maximum absolute atomic E-state index is 13.5. The van der Waals surface area contributed by atoms with Crippen LogP contribution in [0.5, 0.6) is 0 Å². The number of hydrogen-bond donors (Lipinski definition) is 1. The van der Waals surface area contributed by atoms with Crippen molar-refractivity contribution in [2.45, 2.75) is 18.3 Å². The Morgan fingerprint density at radius 3 is 2.64 bits per heavy atom. The summed E-state index contributed by atoms with van der Waals surface area (Å²) in [6, 6.07) is 3.45. The molecule has 2 N–H and O–H groups in total. The molecule has 1 aliphatic rings. The Balaban J connectivity index is 2.50. The quantitative estimate of drug-likeness (QED) is 0.826. The van der Waals surface area contributed by atoms with Crippen LogP contribution in [0.1, 0.15) is 18.4 Å². The molecule has 0 heterocycles. The van der Waals surface area contributed by atoms with Crippen LogP contribution in [0.2, 0.25) is 5.02 Å². The van der Waals surface area contributed by atoms with Crippen molar-refractivity contribution in [2.24, 2.45) is 5.73 Å². The predicted octanol–water partition coefficient (Wildman–Crippen LogP) is 3.23. The molecule has 2 rings (SSSR count). The van der Waals surface area contributed by atoms with Crippen LogP contribution in [0.3, 0.4) is 0 Å². The van der Waals surface area contributed by atoms with Crippen molar-refractivity contribution in [1.29, 1.82) is 0 Å². The van der Waals surface area contributed by atoms with Gasteiger partial charge in [-0.3, -0.25) is 0 Å². The van der Waals surface area contributed by atoms with E-state index < -0.39 is 0 Å². The minimum absolute atomic E-state index is 0.00966. The van der Waals surface area contributed by atoms with Crippen LogP contribution in [0.15, 0.2) is 16.6 Å². The summed E-state index contributed by atoms with van der Waals surface area (Å²) < 4.78 is 13.9. The second kappa shape index (κ2) is 3.47. The van der Waals surface area contributed by atoms with Crippen LogP contribution >= 0.6 is 27.5 Å². The fourth-order valence-corrected chi connectivity index (χ4v) is 2.71. The van der Waals surface area contributed by atoms with E-state index in [1.54, 1.807) is 6.07 Å². The predicted molar refractivity (Wildman–Crippen MR) is 59.1 cm³/mol. The normalized spacial score (nSPS) is 18.3. The Hall–Kier alpha value is -0.120. The van der Waals surface area contributed by atoms with E-state index in [0.717, 1.165) is 18.4 Å². The second-order valence-corrected chi connectivity index (χ2v) is 4.91. The van der Waals surface area contributed by atoms with Crippen LogP contribution in [0, 0.1) is 5.82 Å². The zero-order valence-corrected chi connectivity index (χ0v) is 9.83. The van der Waals surface area contributed by atoms with Crippen LogP contribution in [-0.2, 0) is 5.41 Å². The molecule has 1 fully saturated rings. The summed E-state index contributed by atoms with van der Waals surface area (Å²) >= 11 is 8.90. The largest absolute Gasteiger partial charge is 0.330 e. The highest BCUT2D eigenvalue weighted by molar-refractivity contribution is 9.10. The van der Waals surface area contributed by atoms with Gasteiger partial charge in [-0.15, -0.1) is 0 Å². The summed E-state index contributed by atoms with van der Waals surface area (Å²) in [6.45, 7) is 0.562. The van der Waals surface area contributed by atoms with E-state index in [1.165, 1.54) is 0 Å². The number of benzene rings is 1. The lowest BCUT2D eigenvalue weighted by Crippen LogP contribution is -2.20. The molecule has 14 heavy (non-hydrogen) atoms. The molecule has 0 amide bonds. The van der Waals surface area contributed by atoms with Gasteiger partial charge >= 0.3 is 0 Å². The minimum atomic E-state index is -0.385. The second-order valence-electron chi connectivity index (χ2n) is 3.71. The third-order valence-corrected chi connectivity index (χ3v) is 3.92. The molecule has 1 nitrogen and oxygen atoms in total. The summed E-state index contributed by atoms with van der Waals surface area (Å²) in [5.41, 5.74) is 6.62. The van der Waals surface area contributed by atoms with Gasteiger partial charge in [0.1, 0.15) is 0 Å². The maximum Gasteiger partial charge on any atom is 0.156 e. The van der Waals surface area contributed by atoms with Gasteiger partial charge in [-0.2, -0.15) is 0 Å². The lowest BCUT2D eigenvalue weighted by molar-refractivity contribution is 0.608. The third-order valence-electron chi connectivity index (χ3n) is 2.85. The van der Waals surface area contributed by atoms with E-state index in [9.17, 15) is 4.39 Å². The third kappa shape index (κ3) is 1.47. The summed E-state index contributed by atoms with van der Waals surface area (Å²) in [5, 5.41) is 0.147. The van der Waals surface area contributed by atoms with Crippen LogP contribution in [0.4, 0.5) is 4.39 Å². The number of hydrogen-bond acceptors (Lipinski definition) is 1. The van der Waals surface area contributed by atoms with Crippen molar-refractivity contribution < 1.29 is 4.39 Å². The highest BCUT2D eigenvalue weighted by Gasteiger charge is 2.44. The summed E-state index contributed by atoms with van der Waals surface area (Å²) in [4.78, 5) is 0. The maximum atomic E-state index is 13.5. The molecular weight excluding hydrogens is 268 g/mol. The Kier molecular flexibility index (Phi) is 2.58. The molecular formula is C10H10BrClFN. The van der Waals surface area contributed by atoms with Crippen molar-refractivity contribution in [2.75, 3.05) is 6.54 Å². The van der Waals surface area contributed by atoms with E-state index in [1.807, 2.05) is 6.07 Å². The topological polar surface area (TPSA) is 26.0 Å². The van der Waals surface area contributed by atoms with E-state index in [2.05, 4.69) is 15.9 Å². The molecule has 0 spiro atoms. The first-order valence-electron chi connectivity index (χ1n) is 4.45. The van der Waals surface area contributed by atoms with Crippen molar-refractivity contribution >= 4 is 27.5 Å². The smallest absolute Gasteiger partial charge is 0.156 e. The van der Waals surface area contributed by atoms with E-state index in [0.29, 0.717) is 11.0 Å². The molecule has 76 valence electrons. The molecule has 0 unspecified atom stereocenters. The average molecular weight is 279 g/mol. The monoisotopic (exact) mass is 277 g/mol. The van der Waals surface area contributed by atoms with Gasteiger partial charge in [0.2, 0.25) is 0 Å². The first kappa shape index (κ1) is 10.4. The molecule has 0 aliphatic heterocycles. The van der Waals surface area contributed by atoms with Gasteiger partial charge in [0.25, 0.3) is 0 Å². The van der Waals surface area contributed by atoms with Gasteiger partial charge in [0.15, 0.2) is 5.82 Å². The first-order valence-corrected chi connectivity index (χ1v) is 5.62. The molecule has 1 saturated carbocycles. The van der Waals surface area contributed by atoms with Crippen LogP contribution < -0.4 is 5.73 Å². The van der Waals surface area contributed by atoms with Crippen LogP contribution in [0.25, 0.3) is 0 Å². The Bertz CT molecular complexity index is 377. The zero-order chi connectivity index (χ0) is 10.3. The number of rotatable bonds is 2. The molecule has 0 saturated heterocycles. The van der Waals surface area contributed by atoms with Gasteiger partial charge in [0.05, 0.1) is 9.50 Å². The average Bonchev–Trinajstić information content (AvgIpc) is 2.95. The highest BCUT2D eigenvalue weighted by Crippen LogP contribution is 2.50. The van der Waals surface area contributed by atoms with Gasteiger partial charge in [-0.1, -0.05) is 17.7 Å². The SMILES string of the molecule is NCC1(c2ccc(Cl)c(F)c2Br)CC1. The van der Waals surface area contributed by atoms with E-state index in [-0.39, 0.29) is 16.3 Å². The van der Waals surface area contributed by atoms with Gasteiger partial charge < -0.3 is 5.73 Å². The minimum Gasteiger partial charge on any atom is -0.330 e. The standard InChI is InChI=1S/C10H10BrClFN/c11-8-6(10(5-14)3-4-10)1-2-7(12)9(8)13/h1-2H,3-5,14H2. The van der Waals surface area contributed by atoms with Crippen molar-refractivity contribution in [1.82, 2.24) is 0 Å². The molecule has 1 aromatic rings. The molecule has 4 heteroatoms. The molecule has 0 radical (unpaired) electrons. The molecule has 1 aromatic carbocycles. The van der Waals surface area contributed by atoms with Crippen molar-refractivity contribution in [3.05, 3.63) is 33.0 Å². The Morgan fingerprint density at radius 1 is 1.50 bits per heavy atom. The van der Waals surface area contributed by atoms with Crippen molar-refractivity contribution in [3.63, 3.8) is 0 Å². The Labute approximate surface area is 95.6 Å². The molecule has 0 bridgehead atoms. The summed E-state index contributed by atoms with van der Waals surface area (Å²) in [5.74, 6) is -0.385. The van der Waals surface area contributed by atoms with Gasteiger partial charge in [-0.25, -0.2) is 4.39 Å². The van der Waals surface area contributed by atoms with E-state index >= 15 is 0 Å².